The standard InChI is InChI=1S/2H3O4P.3H2S/c2*1-5(2,3)4;;;/h2*(H3,1,2,3,4);3*1H2. The van der Waals surface area contributed by atoms with E-state index in [2.05, 4.69) is 0 Å². The van der Waals surface area contributed by atoms with Crippen LogP contribution in [0.1, 0.15) is 0 Å². The third-order valence-electron chi connectivity index (χ3n) is 0. The second kappa shape index (κ2) is 11.3. The van der Waals surface area contributed by atoms with Gasteiger partial charge in [0.1, 0.15) is 0 Å². The second-order valence-corrected chi connectivity index (χ2v) is 3.08. The molecule has 0 heterocycles. The highest BCUT2D eigenvalue weighted by atomic mass is 32.1. The van der Waals surface area contributed by atoms with Crippen LogP contribution in [0.25, 0.3) is 0 Å². The normalized spacial score (nSPS) is 9.08. The second-order valence-electron chi connectivity index (χ2n) is 1.03. The Balaban J connectivity index is -0.0000000267. The quantitative estimate of drug-likeness (QED) is 0.294. The van der Waals surface area contributed by atoms with Crippen LogP contribution in [-0.2, 0) is 9.13 Å². The first kappa shape index (κ1) is 29.2. The largest absolute Gasteiger partial charge is 0.466 e. The Kier molecular flexibility index (Phi) is 25.5. The van der Waals surface area contributed by atoms with Crippen molar-refractivity contribution in [3.05, 3.63) is 0 Å². The Hall–Kier alpha value is 1.27. The molecule has 6 N–H and O–H groups in total. The minimum absolute atomic E-state index is 0. The first-order valence-corrected chi connectivity index (χ1v) is 4.70. The third-order valence-corrected chi connectivity index (χ3v) is 0. The molecule has 0 spiro atoms. The summed E-state index contributed by atoms with van der Waals surface area (Å²) in [6.07, 6.45) is 0. The molecule has 0 aliphatic rings. The van der Waals surface area contributed by atoms with Gasteiger partial charge in [-0.3, -0.25) is 0 Å². The summed E-state index contributed by atoms with van der Waals surface area (Å²) in [5, 5.41) is 0. The van der Waals surface area contributed by atoms with E-state index in [9.17, 15) is 0 Å². The lowest BCUT2D eigenvalue weighted by atomic mass is 15.8. The van der Waals surface area contributed by atoms with Crippen molar-refractivity contribution in [1.29, 1.82) is 0 Å². The Labute approximate surface area is 94.8 Å². The number of rotatable bonds is 0. The van der Waals surface area contributed by atoms with Gasteiger partial charge in [0.25, 0.3) is 0 Å². The van der Waals surface area contributed by atoms with Crippen molar-refractivity contribution in [2.45, 2.75) is 0 Å². The van der Waals surface area contributed by atoms with Gasteiger partial charge in [-0.1, -0.05) is 0 Å². The zero-order chi connectivity index (χ0) is 9.00. The van der Waals surface area contributed by atoms with Gasteiger partial charge in [-0.05, 0) is 0 Å². The number of hydrogen-bond donors (Lipinski definition) is 6. The summed E-state index contributed by atoms with van der Waals surface area (Å²) in [6.45, 7) is 0. The summed E-state index contributed by atoms with van der Waals surface area (Å²) in [5.41, 5.74) is 0. The maximum Gasteiger partial charge on any atom is 0.466 e. The first-order chi connectivity index (χ1) is 4.00. The fourth-order valence-corrected chi connectivity index (χ4v) is 0. The summed E-state index contributed by atoms with van der Waals surface area (Å²) >= 11 is 0. The van der Waals surface area contributed by atoms with Gasteiger partial charge in [0.15, 0.2) is 0 Å². The van der Waals surface area contributed by atoms with Crippen LogP contribution in [0, 0.1) is 0 Å². The highest BCUT2D eigenvalue weighted by Gasteiger charge is 2.00. The predicted octanol–water partition coefficient (Wildman–Crippen LogP) is -1.52. The molecule has 13 heavy (non-hydrogen) atoms. The monoisotopic (exact) mass is 298 g/mol. The van der Waals surface area contributed by atoms with Gasteiger partial charge in [0, 0.05) is 0 Å². The summed E-state index contributed by atoms with van der Waals surface area (Å²) in [7, 11) is -9.28. The molecule has 0 bridgehead atoms. The van der Waals surface area contributed by atoms with Crippen molar-refractivity contribution in [1.82, 2.24) is 0 Å². The van der Waals surface area contributed by atoms with Crippen LogP contribution in [0.5, 0.6) is 0 Å². The fraction of sp³-hybridized carbons (Fsp3) is 0. The van der Waals surface area contributed by atoms with Crippen LogP contribution in [0.15, 0.2) is 0 Å². The number of phosphoric acid groups is 2. The topological polar surface area (TPSA) is 156 Å². The van der Waals surface area contributed by atoms with Crippen LogP contribution in [0.3, 0.4) is 0 Å². The van der Waals surface area contributed by atoms with E-state index in [-0.39, 0.29) is 40.5 Å². The molecule has 0 aliphatic heterocycles. The number of hydrogen-bond acceptors (Lipinski definition) is 2. The molecule has 0 radical (unpaired) electrons. The first-order valence-electron chi connectivity index (χ1n) is 1.57. The maximum absolute atomic E-state index is 8.88. The van der Waals surface area contributed by atoms with E-state index in [1.54, 1.807) is 0 Å². The van der Waals surface area contributed by atoms with E-state index in [4.69, 9.17) is 38.5 Å². The molecule has 0 unspecified atom stereocenters. The van der Waals surface area contributed by atoms with Gasteiger partial charge in [0.05, 0.1) is 0 Å². The molecule has 0 saturated heterocycles. The molecule has 0 aliphatic carbocycles. The molecule has 0 rings (SSSR count). The van der Waals surface area contributed by atoms with Gasteiger partial charge in [0.2, 0.25) is 0 Å². The average molecular weight is 298 g/mol. The van der Waals surface area contributed by atoms with Crippen LogP contribution in [0.4, 0.5) is 0 Å². The van der Waals surface area contributed by atoms with Gasteiger partial charge in [-0.15, -0.1) is 0 Å². The molecule has 88 valence electrons. The Morgan fingerprint density at radius 2 is 0.538 bits per heavy atom. The molecular formula is H12O8P2S3. The minimum Gasteiger partial charge on any atom is -0.303 e. The van der Waals surface area contributed by atoms with Crippen molar-refractivity contribution in [3.63, 3.8) is 0 Å². The average Bonchev–Trinajstić information content (AvgIpc) is 1.12. The van der Waals surface area contributed by atoms with Crippen molar-refractivity contribution in [2.24, 2.45) is 0 Å². The van der Waals surface area contributed by atoms with E-state index in [0.29, 0.717) is 0 Å². The lowest BCUT2D eigenvalue weighted by Crippen LogP contribution is -1.66. The van der Waals surface area contributed by atoms with Crippen LogP contribution in [0.2, 0.25) is 0 Å². The highest BCUT2D eigenvalue weighted by Crippen LogP contribution is 2.26. The summed E-state index contributed by atoms with van der Waals surface area (Å²) < 4.78 is 17.8. The molecule has 8 nitrogen and oxygen atoms in total. The highest BCUT2D eigenvalue weighted by molar-refractivity contribution is 7.59. The Bertz CT molecular complexity index is 130. The molecule has 0 aromatic rings. The smallest absolute Gasteiger partial charge is 0.303 e. The summed E-state index contributed by atoms with van der Waals surface area (Å²) in [4.78, 5) is 43.1. The van der Waals surface area contributed by atoms with Gasteiger partial charge < -0.3 is 29.4 Å². The fourth-order valence-electron chi connectivity index (χ4n) is 0. The molecule has 13 heteroatoms. The third kappa shape index (κ3) is 1040. The van der Waals surface area contributed by atoms with E-state index in [1.165, 1.54) is 0 Å². The van der Waals surface area contributed by atoms with Crippen LogP contribution in [-0.4, -0.2) is 29.4 Å². The van der Waals surface area contributed by atoms with Gasteiger partial charge in [-0.25, -0.2) is 9.13 Å². The van der Waals surface area contributed by atoms with Crippen molar-refractivity contribution in [2.75, 3.05) is 0 Å². The maximum atomic E-state index is 8.88. The van der Waals surface area contributed by atoms with Crippen LogP contribution < -0.4 is 0 Å². The zero-order valence-electron chi connectivity index (χ0n) is 5.89. The lowest BCUT2D eigenvalue weighted by molar-refractivity contribution is 0.272. The van der Waals surface area contributed by atoms with Gasteiger partial charge in [-0.2, -0.15) is 40.5 Å². The molecule has 0 atom stereocenters. The summed E-state index contributed by atoms with van der Waals surface area (Å²) in [6, 6.07) is 0. The summed E-state index contributed by atoms with van der Waals surface area (Å²) in [5.74, 6) is 0. The predicted molar refractivity (Wildman–Crippen MR) is 59.7 cm³/mol. The molecular weight excluding hydrogens is 286 g/mol. The lowest BCUT2D eigenvalue weighted by Gasteiger charge is -1.82. The molecule has 0 aromatic carbocycles. The molecule has 0 aromatic heterocycles. The van der Waals surface area contributed by atoms with Gasteiger partial charge >= 0.3 is 15.6 Å². The van der Waals surface area contributed by atoms with Crippen molar-refractivity contribution < 1.29 is 38.5 Å². The van der Waals surface area contributed by atoms with E-state index >= 15 is 0 Å². The molecule has 0 amide bonds. The minimum atomic E-state index is -4.64. The van der Waals surface area contributed by atoms with E-state index in [1.807, 2.05) is 0 Å². The Morgan fingerprint density at radius 3 is 0.538 bits per heavy atom. The molecule has 0 saturated carbocycles. The molecule has 0 fully saturated rings. The Morgan fingerprint density at radius 1 is 0.538 bits per heavy atom. The zero-order valence-corrected chi connectivity index (χ0v) is 10.7. The van der Waals surface area contributed by atoms with Crippen molar-refractivity contribution in [3.8, 4) is 0 Å². The SMILES string of the molecule is O=P(O)(O)O.O=P(O)(O)O.S.S.S. The van der Waals surface area contributed by atoms with Crippen molar-refractivity contribution >= 4 is 56.1 Å². The van der Waals surface area contributed by atoms with Crippen LogP contribution >= 0.6 is 56.1 Å². The van der Waals surface area contributed by atoms with E-state index in [0.717, 1.165) is 0 Å². The van der Waals surface area contributed by atoms with E-state index < -0.39 is 15.6 Å².